The van der Waals surface area contributed by atoms with E-state index in [9.17, 15) is 18.0 Å². The molecule has 0 aromatic heterocycles. The summed E-state index contributed by atoms with van der Waals surface area (Å²) in [6, 6.07) is 7.53. The number of rotatable bonds is 6. The van der Waals surface area contributed by atoms with Crippen LogP contribution >= 0.6 is 0 Å². The number of carbonyl (C=O) groups excluding carboxylic acids is 2. The highest BCUT2D eigenvalue weighted by molar-refractivity contribution is 7.91. The third-order valence-corrected chi connectivity index (χ3v) is 5.01. The van der Waals surface area contributed by atoms with Gasteiger partial charge in [-0.05, 0) is 18.6 Å². The minimum Gasteiger partial charge on any atom is -0.464 e. The van der Waals surface area contributed by atoms with E-state index in [-0.39, 0.29) is 29.4 Å². The molecule has 2 rings (SSSR count). The minimum absolute atomic E-state index is 0.0653. The van der Waals surface area contributed by atoms with Crippen LogP contribution in [-0.4, -0.2) is 38.7 Å². The second kappa shape index (κ2) is 6.71. The zero-order valence-corrected chi connectivity index (χ0v) is 12.3. The highest BCUT2D eigenvalue weighted by Gasteiger charge is 2.27. The highest BCUT2D eigenvalue weighted by Crippen LogP contribution is 2.12. The number of hydrogen-bond acceptors (Lipinski definition) is 5. The van der Waals surface area contributed by atoms with Crippen molar-refractivity contribution >= 4 is 21.7 Å². The van der Waals surface area contributed by atoms with Gasteiger partial charge in [0.2, 0.25) is 5.91 Å². The van der Waals surface area contributed by atoms with Gasteiger partial charge in [0.15, 0.2) is 9.84 Å². The van der Waals surface area contributed by atoms with Crippen molar-refractivity contribution in [3.05, 3.63) is 30.3 Å². The predicted octanol–water partition coefficient (Wildman–Crippen LogP) is 0.672. The fraction of sp³-hybridized carbons (Fsp3) is 0.429. The van der Waals surface area contributed by atoms with Gasteiger partial charge in [-0.15, -0.1) is 0 Å². The maximum Gasteiger partial charge on any atom is 0.328 e. The van der Waals surface area contributed by atoms with Crippen LogP contribution in [0.2, 0.25) is 0 Å². The van der Waals surface area contributed by atoms with Crippen LogP contribution in [0, 0.1) is 0 Å². The molecule has 0 saturated carbocycles. The monoisotopic (exact) mass is 311 g/mol. The van der Waals surface area contributed by atoms with E-state index in [2.05, 4.69) is 5.32 Å². The van der Waals surface area contributed by atoms with E-state index >= 15 is 0 Å². The lowest BCUT2D eigenvalue weighted by Gasteiger charge is -2.09. The molecular formula is C14H17NO5S. The van der Waals surface area contributed by atoms with Gasteiger partial charge in [0.1, 0.15) is 6.04 Å². The van der Waals surface area contributed by atoms with Gasteiger partial charge < -0.3 is 10.1 Å². The highest BCUT2D eigenvalue weighted by atomic mass is 32.2. The molecule has 6 nitrogen and oxygen atoms in total. The zero-order valence-electron chi connectivity index (χ0n) is 11.4. The fourth-order valence-electron chi connectivity index (χ4n) is 2.06. The normalized spacial score (nSPS) is 18.3. The summed E-state index contributed by atoms with van der Waals surface area (Å²) in [5.74, 6) is -0.859. The number of carbonyl (C=O) groups is 2. The van der Waals surface area contributed by atoms with Crippen molar-refractivity contribution in [2.75, 3.05) is 12.4 Å². The van der Waals surface area contributed by atoms with Crippen molar-refractivity contribution in [3.8, 4) is 0 Å². The smallest absolute Gasteiger partial charge is 0.328 e. The maximum absolute atomic E-state index is 12.0. The van der Waals surface area contributed by atoms with Crippen molar-refractivity contribution < 1.29 is 22.7 Å². The number of nitrogens with one attached hydrogen (secondary N) is 1. The second-order valence-corrected chi connectivity index (χ2v) is 6.92. The van der Waals surface area contributed by atoms with Gasteiger partial charge in [-0.3, -0.25) is 4.79 Å². The topological polar surface area (TPSA) is 89.5 Å². The van der Waals surface area contributed by atoms with Gasteiger partial charge in [0.25, 0.3) is 0 Å². The molecule has 1 aliphatic heterocycles. The van der Waals surface area contributed by atoms with E-state index in [1.165, 1.54) is 12.1 Å². The molecule has 1 aliphatic rings. The first kappa shape index (κ1) is 15.5. The fourth-order valence-corrected chi connectivity index (χ4v) is 3.39. The molecule has 7 heteroatoms. The molecule has 1 saturated heterocycles. The molecule has 21 heavy (non-hydrogen) atoms. The Hall–Kier alpha value is -1.89. The van der Waals surface area contributed by atoms with Crippen LogP contribution in [0.1, 0.15) is 19.3 Å². The molecule has 1 N–H and O–H groups in total. The molecule has 1 aromatic carbocycles. The van der Waals surface area contributed by atoms with E-state index < -0.39 is 21.8 Å². The first-order valence-corrected chi connectivity index (χ1v) is 8.38. The minimum atomic E-state index is -3.37. The molecule has 1 heterocycles. The van der Waals surface area contributed by atoms with Crippen molar-refractivity contribution in [2.45, 2.75) is 30.2 Å². The van der Waals surface area contributed by atoms with Crippen LogP contribution in [0.15, 0.2) is 35.2 Å². The number of esters is 1. The van der Waals surface area contributed by atoms with Gasteiger partial charge in [0, 0.05) is 12.8 Å². The van der Waals surface area contributed by atoms with E-state index in [1.54, 1.807) is 18.2 Å². The van der Waals surface area contributed by atoms with E-state index in [4.69, 9.17) is 4.74 Å². The molecule has 0 radical (unpaired) electrons. The van der Waals surface area contributed by atoms with Crippen LogP contribution in [0.25, 0.3) is 0 Å². The number of ether oxygens (including phenoxy) is 1. The van der Waals surface area contributed by atoms with Crippen molar-refractivity contribution in [1.82, 2.24) is 5.32 Å². The van der Waals surface area contributed by atoms with E-state index in [1.807, 2.05) is 0 Å². The largest absolute Gasteiger partial charge is 0.464 e. The summed E-state index contributed by atoms with van der Waals surface area (Å²) >= 11 is 0. The van der Waals surface area contributed by atoms with Crippen LogP contribution in [0.3, 0.4) is 0 Å². The first-order valence-electron chi connectivity index (χ1n) is 6.73. The number of benzene rings is 1. The molecule has 0 spiro atoms. The van der Waals surface area contributed by atoms with Gasteiger partial charge in [0.05, 0.1) is 17.3 Å². The van der Waals surface area contributed by atoms with Crippen LogP contribution < -0.4 is 5.32 Å². The summed E-state index contributed by atoms with van der Waals surface area (Å²) < 4.78 is 28.7. The number of hydrogen-bond donors (Lipinski definition) is 1. The van der Waals surface area contributed by atoms with Crippen molar-refractivity contribution in [2.24, 2.45) is 0 Å². The number of amides is 1. The molecular weight excluding hydrogens is 294 g/mol. The van der Waals surface area contributed by atoms with E-state index in [0.717, 1.165) is 0 Å². The molecule has 114 valence electrons. The summed E-state index contributed by atoms with van der Waals surface area (Å²) in [6.45, 7) is 0.312. The molecule has 1 fully saturated rings. The van der Waals surface area contributed by atoms with Gasteiger partial charge in [-0.1, -0.05) is 18.2 Å². The average molecular weight is 311 g/mol. The first-order chi connectivity index (χ1) is 9.99. The summed E-state index contributed by atoms with van der Waals surface area (Å²) in [6.07, 6.45) is 0.744. The Morgan fingerprint density at radius 3 is 2.62 bits per heavy atom. The van der Waals surface area contributed by atoms with Gasteiger partial charge in [-0.25, -0.2) is 13.2 Å². The quantitative estimate of drug-likeness (QED) is 0.780. The lowest BCUT2D eigenvalue weighted by atomic mass is 10.2. The molecule has 1 unspecified atom stereocenters. The molecule has 1 aromatic rings. The Bertz CT molecular complexity index is 612. The third kappa shape index (κ3) is 4.29. The lowest BCUT2D eigenvalue weighted by Crippen LogP contribution is -2.37. The number of sulfone groups is 1. The van der Waals surface area contributed by atoms with E-state index in [0.29, 0.717) is 13.0 Å². The van der Waals surface area contributed by atoms with Crippen LogP contribution in [0.5, 0.6) is 0 Å². The van der Waals surface area contributed by atoms with Crippen LogP contribution in [-0.2, 0) is 24.2 Å². The summed E-state index contributed by atoms with van der Waals surface area (Å²) in [5, 5.41) is 2.55. The van der Waals surface area contributed by atoms with Crippen molar-refractivity contribution in [3.63, 3.8) is 0 Å². The molecule has 0 aliphatic carbocycles. The average Bonchev–Trinajstić information content (AvgIpc) is 2.85. The van der Waals surface area contributed by atoms with Gasteiger partial charge in [-0.2, -0.15) is 0 Å². The lowest BCUT2D eigenvalue weighted by molar-refractivity contribution is -0.141. The standard InChI is InChI=1S/C14H17NO5S/c16-13(15-12-8-9-20-14(12)17)7-4-10-21(18,19)11-5-2-1-3-6-11/h1-3,5-6,12H,4,7-10H2,(H,15,16). The predicted molar refractivity (Wildman–Crippen MR) is 75.2 cm³/mol. The summed E-state index contributed by atoms with van der Waals surface area (Å²) in [4.78, 5) is 23.1. The second-order valence-electron chi connectivity index (χ2n) is 4.81. The Balaban J connectivity index is 1.79. The molecule has 0 bridgehead atoms. The maximum atomic E-state index is 12.0. The zero-order chi connectivity index (χ0) is 15.3. The third-order valence-electron chi connectivity index (χ3n) is 3.19. The Morgan fingerprint density at radius 2 is 2.00 bits per heavy atom. The number of cyclic esters (lactones) is 1. The van der Waals surface area contributed by atoms with Gasteiger partial charge >= 0.3 is 5.97 Å². The molecule has 1 amide bonds. The Labute approximate surface area is 123 Å². The summed E-state index contributed by atoms with van der Waals surface area (Å²) in [7, 11) is -3.37. The molecule has 1 atom stereocenters. The Morgan fingerprint density at radius 1 is 1.29 bits per heavy atom. The SMILES string of the molecule is O=C(CCCS(=O)(=O)c1ccccc1)NC1CCOC1=O. The van der Waals surface area contributed by atoms with Crippen molar-refractivity contribution in [1.29, 1.82) is 0 Å². The Kier molecular flexibility index (Phi) is 4.95. The summed E-state index contributed by atoms with van der Waals surface area (Å²) in [5.41, 5.74) is 0. The van der Waals surface area contributed by atoms with Crippen LogP contribution in [0.4, 0.5) is 0 Å².